The van der Waals surface area contributed by atoms with Crippen LogP contribution in [0, 0.1) is 6.92 Å². The van der Waals surface area contributed by atoms with E-state index in [0.29, 0.717) is 25.9 Å². The van der Waals surface area contributed by atoms with Crippen LogP contribution >= 0.6 is 0 Å². The van der Waals surface area contributed by atoms with Gasteiger partial charge in [-0.15, -0.1) is 0 Å². The van der Waals surface area contributed by atoms with Crippen molar-refractivity contribution in [3.8, 4) is 0 Å². The molecule has 0 aliphatic carbocycles. The lowest BCUT2D eigenvalue weighted by atomic mass is 10.2. The van der Waals surface area contributed by atoms with Crippen LogP contribution in [0.15, 0.2) is 6.20 Å². The Morgan fingerprint density at radius 2 is 2.13 bits per heavy atom. The van der Waals surface area contributed by atoms with Crippen LogP contribution < -0.4 is 0 Å². The number of carbonyl (C=O) groups excluding carboxylic acids is 2. The van der Waals surface area contributed by atoms with Crippen LogP contribution in [0.1, 0.15) is 50.3 Å². The minimum Gasteiger partial charge on any atom is -0.342 e. The van der Waals surface area contributed by atoms with Crippen molar-refractivity contribution in [1.82, 2.24) is 19.6 Å². The van der Waals surface area contributed by atoms with Gasteiger partial charge in [-0.3, -0.25) is 14.3 Å². The SMILES string of the molecule is CCn1cc(CN(C)C(=O)CCN2CCCCCC2=O)c(C)n1. The zero-order valence-corrected chi connectivity index (χ0v) is 14.5. The molecule has 1 aliphatic rings. The fourth-order valence-electron chi connectivity index (χ4n) is 2.92. The van der Waals surface area contributed by atoms with Gasteiger partial charge in [0, 0.05) is 57.8 Å². The molecular formula is C17H28N4O2. The topological polar surface area (TPSA) is 58.4 Å². The van der Waals surface area contributed by atoms with Gasteiger partial charge in [-0.1, -0.05) is 6.42 Å². The number of amides is 2. The molecule has 0 atom stereocenters. The van der Waals surface area contributed by atoms with Crippen molar-refractivity contribution < 1.29 is 9.59 Å². The van der Waals surface area contributed by atoms with Crippen molar-refractivity contribution in [1.29, 1.82) is 0 Å². The molecule has 1 aliphatic heterocycles. The first kappa shape index (κ1) is 17.5. The minimum atomic E-state index is 0.0747. The third kappa shape index (κ3) is 4.81. The second-order valence-electron chi connectivity index (χ2n) is 6.29. The Balaban J connectivity index is 1.84. The first-order chi connectivity index (χ1) is 11.0. The lowest BCUT2D eigenvalue weighted by Gasteiger charge is -2.22. The number of rotatable bonds is 6. The summed E-state index contributed by atoms with van der Waals surface area (Å²) in [4.78, 5) is 27.9. The summed E-state index contributed by atoms with van der Waals surface area (Å²) in [7, 11) is 1.81. The summed E-state index contributed by atoms with van der Waals surface area (Å²) < 4.78 is 1.89. The molecule has 0 unspecified atom stereocenters. The lowest BCUT2D eigenvalue weighted by molar-refractivity contribution is -0.133. The van der Waals surface area contributed by atoms with Gasteiger partial charge in [-0.25, -0.2) is 0 Å². The average Bonchev–Trinajstić information content (AvgIpc) is 2.75. The molecular weight excluding hydrogens is 292 g/mol. The molecule has 6 heteroatoms. The monoisotopic (exact) mass is 320 g/mol. The zero-order valence-electron chi connectivity index (χ0n) is 14.5. The van der Waals surface area contributed by atoms with E-state index < -0.39 is 0 Å². The van der Waals surface area contributed by atoms with E-state index >= 15 is 0 Å². The smallest absolute Gasteiger partial charge is 0.224 e. The predicted molar refractivity (Wildman–Crippen MR) is 88.8 cm³/mol. The van der Waals surface area contributed by atoms with Crippen molar-refractivity contribution in [2.24, 2.45) is 0 Å². The molecule has 0 N–H and O–H groups in total. The van der Waals surface area contributed by atoms with Crippen molar-refractivity contribution in [3.05, 3.63) is 17.5 Å². The van der Waals surface area contributed by atoms with E-state index in [4.69, 9.17) is 0 Å². The van der Waals surface area contributed by atoms with Gasteiger partial charge in [0.2, 0.25) is 11.8 Å². The molecule has 128 valence electrons. The first-order valence-corrected chi connectivity index (χ1v) is 8.56. The summed E-state index contributed by atoms with van der Waals surface area (Å²) in [5.74, 6) is 0.267. The largest absolute Gasteiger partial charge is 0.342 e. The van der Waals surface area contributed by atoms with Crippen LogP contribution in [0.3, 0.4) is 0 Å². The summed E-state index contributed by atoms with van der Waals surface area (Å²) >= 11 is 0. The highest BCUT2D eigenvalue weighted by atomic mass is 16.2. The van der Waals surface area contributed by atoms with Crippen LogP contribution in [0.2, 0.25) is 0 Å². The van der Waals surface area contributed by atoms with E-state index in [-0.39, 0.29) is 11.8 Å². The quantitative estimate of drug-likeness (QED) is 0.805. The molecule has 0 bridgehead atoms. The molecule has 2 rings (SSSR count). The maximum Gasteiger partial charge on any atom is 0.224 e. The number of aromatic nitrogens is 2. The maximum absolute atomic E-state index is 12.3. The molecule has 1 saturated heterocycles. The van der Waals surface area contributed by atoms with Gasteiger partial charge >= 0.3 is 0 Å². The molecule has 0 spiro atoms. The third-order valence-electron chi connectivity index (χ3n) is 4.47. The number of nitrogens with zero attached hydrogens (tertiary/aromatic N) is 4. The van der Waals surface area contributed by atoms with Crippen LogP contribution in [-0.4, -0.2) is 51.5 Å². The molecule has 6 nitrogen and oxygen atoms in total. The number of carbonyl (C=O) groups is 2. The van der Waals surface area contributed by atoms with Crippen LogP contribution in [-0.2, 0) is 22.7 Å². The van der Waals surface area contributed by atoms with E-state index in [9.17, 15) is 9.59 Å². The summed E-state index contributed by atoms with van der Waals surface area (Å²) in [6, 6.07) is 0. The number of hydrogen-bond donors (Lipinski definition) is 0. The molecule has 1 aromatic rings. The van der Waals surface area contributed by atoms with Crippen LogP contribution in [0.5, 0.6) is 0 Å². The molecule has 23 heavy (non-hydrogen) atoms. The average molecular weight is 320 g/mol. The Morgan fingerprint density at radius 3 is 2.83 bits per heavy atom. The highest BCUT2D eigenvalue weighted by molar-refractivity contribution is 5.79. The lowest BCUT2D eigenvalue weighted by Crippen LogP contribution is -2.35. The van der Waals surface area contributed by atoms with E-state index in [1.54, 1.807) is 4.90 Å². The maximum atomic E-state index is 12.3. The van der Waals surface area contributed by atoms with Gasteiger partial charge in [0.15, 0.2) is 0 Å². The summed E-state index contributed by atoms with van der Waals surface area (Å²) in [5.41, 5.74) is 2.04. The number of hydrogen-bond acceptors (Lipinski definition) is 3. The summed E-state index contributed by atoms with van der Waals surface area (Å²) in [5, 5.41) is 4.41. The molecule has 1 fully saturated rings. The van der Waals surface area contributed by atoms with Crippen LogP contribution in [0.25, 0.3) is 0 Å². The first-order valence-electron chi connectivity index (χ1n) is 8.56. The normalized spacial score (nSPS) is 15.6. The van der Waals surface area contributed by atoms with Crippen molar-refractivity contribution >= 4 is 11.8 Å². The molecule has 1 aromatic heterocycles. The van der Waals surface area contributed by atoms with Gasteiger partial charge in [0.1, 0.15) is 0 Å². The Kier molecular flexibility index (Phi) is 6.19. The van der Waals surface area contributed by atoms with E-state index in [1.807, 2.05) is 36.7 Å². The van der Waals surface area contributed by atoms with Gasteiger partial charge in [-0.2, -0.15) is 5.10 Å². The number of likely N-dealkylation sites (tertiary alicyclic amines) is 1. The van der Waals surface area contributed by atoms with E-state index in [0.717, 1.165) is 43.6 Å². The molecule has 2 amide bonds. The van der Waals surface area contributed by atoms with Crippen LogP contribution in [0.4, 0.5) is 0 Å². The standard InChI is InChI=1S/C17H28N4O2/c1-4-21-13-15(14(2)18-21)12-19(3)16(22)9-11-20-10-7-5-6-8-17(20)23/h13H,4-12H2,1-3H3. The fraction of sp³-hybridized carbons (Fsp3) is 0.706. The fourth-order valence-corrected chi connectivity index (χ4v) is 2.92. The van der Waals surface area contributed by atoms with E-state index in [2.05, 4.69) is 5.10 Å². The second kappa shape index (κ2) is 8.13. The van der Waals surface area contributed by atoms with Gasteiger partial charge in [-0.05, 0) is 26.7 Å². The molecule has 0 saturated carbocycles. The summed E-state index contributed by atoms with van der Waals surface area (Å²) in [6.07, 6.45) is 6.14. The summed E-state index contributed by atoms with van der Waals surface area (Å²) in [6.45, 7) is 6.74. The minimum absolute atomic E-state index is 0.0747. The van der Waals surface area contributed by atoms with Gasteiger partial charge < -0.3 is 9.80 Å². The Hall–Kier alpha value is -1.85. The molecule has 2 heterocycles. The second-order valence-corrected chi connectivity index (χ2v) is 6.29. The van der Waals surface area contributed by atoms with Crippen molar-refractivity contribution in [3.63, 3.8) is 0 Å². The van der Waals surface area contributed by atoms with Crippen molar-refractivity contribution in [2.45, 2.75) is 59.0 Å². The van der Waals surface area contributed by atoms with Crippen molar-refractivity contribution in [2.75, 3.05) is 20.1 Å². The molecule has 0 aromatic carbocycles. The van der Waals surface area contributed by atoms with E-state index in [1.165, 1.54) is 0 Å². The third-order valence-corrected chi connectivity index (χ3v) is 4.47. The predicted octanol–water partition coefficient (Wildman–Crippen LogP) is 1.96. The zero-order chi connectivity index (χ0) is 16.8. The number of aryl methyl sites for hydroxylation is 2. The highest BCUT2D eigenvalue weighted by Gasteiger charge is 2.19. The Morgan fingerprint density at radius 1 is 1.35 bits per heavy atom. The Bertz CT molecular complexity index is 553. The highest BCUT2D eigenvalue weighted by Crippen LogP contribution is 2.13. The van der Waals surface area contributed by atoms with Gasteiger partial charge in [0.25, 0.3) is 0 Å². The Labute approximate surface area is 138 Å². The van der Waals surface area contributed by atoms with Gasteiger partial charge in [0.05, 0.1) is 5.69 Å². The molecule has 0 radical (unpaired) electrons.